The van der Waals surface area contributed by atoms with Crippen LogP contribution in [0.15, 0.2) is 41.8 Å². The summed E-state index contributed by atoms with van der Waals surface area (Å²) in [6.45, 7) is 2.88. The van der Waals surface area contributed by atoms with E-state index in [1.807, 2.05) is 35.7 Å². The van der Waals surface area contributed by atoms with Gasteiger partial charge in [0, 0.05) is 37.6 Å². The zero-order valence-electron chi connectivity index (χ0n) is 14.6. The van der Waals surface area contributed by atoms with Gasteiger partial charge in [0.15, 0.2) is 5.13 Å². The van der Waals surface area contributed by atoms with Gasteiger partial charge in [-0.25, -0.2) is 4.98 Å². The molecule has 6 nitrogen and oxygen atoms in total. The summed E-state index contributed by atoms with van der Waals surface area (Å²) in [6, 6.07) is 9.53. The van der Waals surface area contributed by atoms with Gasteiger partial charge in [-0.15, -0.1) is 11.3 Å². The van der Waals surface area contributed by atoms with E-state index in [4.69, 9.17) is 4.74 Å². The van der Waals surface area contributed by atoms with Gasteiger partial charge in [0.25, 0.3) is 0 Å². The molecule has 0 atom stereocenters. The van der Waals surface area contributed by atoms with Gasteiger partial charge in [0.2, 0.25) is 11.8 Å². The number of nitrogens with zero attached hydrogens (tertiary/aromatic N) is 2. The van der Waals surface area contributed by atoms with Crippen LogP contribution < -0.4 is 10.2 Å². The number of carbonyl (C=O) groups excluding carboxylic acids is 2. The summed E-state index contributed by atoms with van der Waals surface area (Å²) in [5.41, 5.74) is 1.41. The molecular weight excluding hydrogens is 350 g/mol. The standard InChI is InChI=1S/C19H21N3O3S/c1-14(23)22(17-5-3-2-4-6-17)19-21-16(13-26-19)7-8-18(24)20-15-9-11-25-12-10-15/h2-8,13,15H,9-12H2,1H3,(H,20,24). The fraction of sp³-hybridized carbons (Fsp3) is 0.316. The van der Waals surface area contributed by atoms with E-state index in [1.54, 1.807) is 11.0 Å². The highest BCUT2D eigenvalue weighted by Crippen LogP contribution is 2.28. The number of aromatic nitrogens is 1. The summed E-state index contributed by atoms with van der Waals surface area (Å²) in [5.74, 6) is -0.253. The first-order valence-electron chi connectivity index (χ1n) is 8.51. The first kappa shape index (κ1) is 18.3. The van der Waals surface area contributed by atoms with Crippen LogP contribution in [-0.4, -0.2) is 36.1 Å². The molecule has 1 aromatic carbocycles. The molecule has 136 valence electrons. The Kier molecular flexibility index (Phi) is 6.14. The van der Waals surface area contributed by atoms with Crippen LogP contribution in [-0.2, 0) is 14.3 Å². The summed E-state index contributed by atoms with van der Waals surface area (Å²) in [5, 5.41) is 5.37. The molecule has 2 aromatic rings. The highest BCUT2D eigenvalue weighted by molar-refractivity contribution is 7.14. The number of nitrogens with one attached hydrogen (secondary N) is 1. The maximum Gasteiger partial charge on any atom is 0.244 e. The molecule has 0 radical (unpaired) electrons. The fourth-order valence-electron chi connectivity index (χ4n) is 2.71. The van der Waals surface area contributed by atoms with Gasteiger partial charge in [-0.3, -0.25) is 14.5 Å². The molecule has 26 heavy (non-hydrogen) atoms. The number of hydrogen-bond acceptors (Lipinski definition) is 5. The van der Waals surface area contributed by atoms with E-state index in [1.165, 1.54) is 24.3 Å². The summed E-state index contributed by atoms with van der Waals surface area (Å²) < 4.78 is 5.28. The van der Waals surface area contributed by atoms with Crippen LogP contribution in [0, 0.1) is 0 Å². The first-order chi connectivity index (χ1) is 12.6. The van der Waals surface area contributed by atoms with Crippen molar-refractivity contribution in [2.24, 2.45) is 0 Å². The average Bonchev–Trinajstić information content (AvgIpc) is 3.10. The lowest BCUT2D eigenvalue weighted by Gasteiger charge is -2.22. The van der Waals surface area contributed by atoms with E-state index in [0.717, 1.165) is 18.5 Å². The van der Waals surface area contributed by atoms with Crippen LogP contribution in [0.2, 0.25) is 0 Å². The minimum atomic E-state index is -0.141. The number of amides is 2. The van der Waals surface area contributed by atoms with Gasteiger partial charge in [-0.2, -0.15) is 0 Å². The lowest BCUT2D eigenvalue weighted by molar-refractivity contribution is -0.118. The Balaban J connectivity index is 1.66. The topological polar surface area (TPSA) is 71.5 Å². The van der Waals surface area contributed by atoms with Gasteiger partial charge in [-0.1, -0.05) is 18.2 Å². The zero-order chi connectivity index (χ0) is 18.4. The molecule has 2 heterocycles. The van der Waals surface area contributed by atoms with Crippen molar-refractivity contribution in [1.82, 2.24) is 10.3 Å². The van der Waals surface area contributed by atoms with Crippen LogP contribution in [0.4, 0.5) is 10.8 Å². The number of hydrogen-bond donors (Lipinski definition) is 1. The van der Waals surface area contributed by atoms with Crippen molar-refractivity contribution in [1.29, 1.82) is 0 Å². The Labute approximate surface area is 156 Å². The Bertz CT molecular complexity index is 782. The average molecular weight is 371 g/mol. The van der Waals surface area contributed by atoms with E-state index >= 15 is 0 Å². The lowest BCUT2D eigenvalue weighted by atomic mass is 10.1. The highest BCUT2D eigenvalue weighted by atomic mass is 32.1. The molecular formula is C19H21N3O3S. The summed E-state index contributed by atoms with van der Waals surface area (Å²) in [6.07, 6.45) is 4.82. The van der Waals surface area contributed by atoms with Crippen molar-refractivity contribution in [3.63, 3.8) is 0 Å². The first-order valence-corrected chi connectivity index (χ1v) is 9.39. The second-order valence-corrected chi connectivity index (χ2v) is 6.81. The predicted octanol–water partition coefficient (Wildman–Crippen LogP) is 3.14. The molecule has 0 spiro atoms. The minimum absolute atomic E-state index is 0.113. The third kappa shape index (κ3) is 4.77. The number of rotatable bonds is 5. The molecule has 0 saturated carbocycles. The monoisotopic (exact) mass is 371 g/mol. The van der Waals surface area contributed by atoms with Crippen LogP contribution >= 0.6 is 11.3 Å². The molecule has 0 bridgehead atoms. The van der Waals surface area contributed by atoms with Crippen molar-refractivity contribution >= 4 is 40.0 Å². The van der Waals surface area contributed by atoms with E-state index in [9.17, 15) is 9.59 Å². The van der Waals surface area contributed by atoms with Gasteiger partial charge in [0.05, 0.1) is 11.4 Å². The molecule has 1 aliphatic rings. The summed E-state index contributed by atoms with van der Waals surface area (Å²) >= 11 is 1.36. The number of anilines is 2. The molecule has 1 N–H and O–H groups in total. The molecule has 0 aliphatic carbocycles. The van der Waals surface area contributed by atoms with Crippen LogP contribution in [0.3, 0.4) is 0 Å². The summed E-state index contributed by atoms with van der Waals surface area (Å²) in [4.78, 5) is 30.1. The van der Waals surface area contributed by atoms with Gasteiger partial charge in [-0.05, 0) is 31.1 Å². The minimum Gasteiger partial charge on any atom is -0.381 e. The number of ether oxygens (including phenoxy) is 1. The van der Waals surface area contributed by atoms with Gasteiger partial charge < -0.3 is 10.1 Å². The molecule has 0 unspecified atom stereocenters. The Hall–Kier alpha value is -2.51. The highest BCUT2D eigenvalue weighted by Gasteiger charge is 2.17. The third-order valence-electron chi connectivity index (χ3n) is 4.00. The Morgan fingerprint density at radius 2 is 2.00 bits per heavy atom. The Morgan fingerprint density at radius 3 is 2.69 bits per heavy atom. The van der Waals surface area contributed by atoms with Gasteiger partial charge >= 0.3 is 0 Å². The van der Waals surface area contributed by atoms with Crippen LogP contribution in [0.5, 0.6) is 0 Å². The number of thiazole rings is 1. The maximum atomic E-state index is 12.0. The lowest BCUT2D eigenvalue weighted by Crippen LogP contribution is -2.37. The predicted molar refractivity (Wildman–Crippen MR) is 102 cm³/mol. The molecule has 1 aliphatic heterocycles. The summed E-state index contributed by atoms with van der Waals surface area (Å²) in [7, 11) is 0. The normalized spacial score (nSPS) is 15.1. The van der Waals surface area contributed by atoms with Crippen molar-refractivity contribution in [2.45, 2.75) is 25.8 Å². The van der Waals surface area contributed by atoms with E-state index in [0.29, 0.717) is 24.0 Å². The number of benzene rings is 1. The molecule has 7 heteroatoms. The quantitative estimate of drug-likeness (QED) is 0.820. The number of para-hydroxylation sites is 1. The molecule has 1 fully saturated rings. The number of carbonyl (C=O) groups is 2. The zero-order valence-corrected chi connectivity index (χ0v) is 15.4. The van der Waals surface area contributed by atoms with Crippen molar-refractivity contribution in [3.05, 3.63) is 47.5 Å². The second-order valence-electron chi connectivity index (χ2n) is 5.97. The third-order valence-corrected chi connectivity index (χ3v) is 4.85. The van der Waals surface area contributed by atoms with Crippen LogP contribution in [0.1, 0.15) is 25.5 Å². The second kappa shape index (κ2) is 8.73. The molecule has 1 aromatic heterocycles. The van der Waals surface area contributed by atoms with Crippen molar-refractivity contribution in [2.75, 3.05) is 18.1 Å². The van der Waals surface area contributed by atoms with E-state index in [2.05, 4.69) is 10.3 Å². The van der Waals surface area contributed by atoms with Crippen LogP contribution in [0.25, 0.3) is 6.08 Å². The van der Waals surface area contributed by atoms with Gasteiger partial charge in [0.1, 0.15) is 0 Å². The smallest absolute Gasteiger partial charge is 0.244 e. The van der Waals surface area contributed by atoms with Crippen molar-refractivity contribution in [3.8, 4) is 0 Å². The SMILES string of the molecule is CC(=O)N(c1ccccc1)c1nc(C=CC(=O)NC2CCOCC2)cs1. The Morgan fingerprint density at radius 1 is 1.27 bits per heavy atom. The van der Waals surface area contributed by atoms with Crippen molar-refractivity contribution < 1.29 is 14.3 Å². The molecule has 2 amide bonds. The maximum absolute atomic E-state index is 12.0. The molecule has 3 rings (SSSR count). The fourth-order valence-corrected chi connectivity index (χ4v) is 3.57. The van der Waals surface area contributed by atoms with E-state index in [-0.39, 0.29) is 17.9 Å². The largest absolute Gasteiger partial charge is 0.381 e. The molecule has 1 saturated heterocycles. The van der Waals surface area contributed by atoms with E-state index < -0.39 is 0 Å².